The second kappa shape index (κ2) is 8.01. The van der Waals surface area contributed by atoms with Gasteiger partial charge in [0, 0.05) is 24.1 Å². The third-order valence-electron chi connectivity index (χ3n) is 6.65. The number of fused-ring (bicyclic) bond motifs is 2. The van der Waals surface area contributed by atoms with E-state index < -0.39 is 11.2 Å². The highest BCUT2D eigenvalue weighted by Crippen LogP contribution is 2.49. The van der Waals surface area contributed by atoms with Crippen molar-refractivity contribution < 1.29 is 19.1 Å². The second-order valence-electron chi connectivity index (χ2n) is 8.54. The smallest absolute Gasteiger partial charge is 0.202 e. The van der Waals surface area contributed by atoms with Gasteiger partial charge in [0.05, 0.1) is 23.7 Å². The van der Waals surface area contributed by atoms with Crippen molar-refractivity contribution in [3.63, 3.8) is 0 Å². The number of benzene rings is 1. The zero-order valence-electron chi connectivity index (χ0n) is 18.2. The van der Waals surface area contributed by atoms with Crippen molar-refractivity contribution in [2.24, 2.45) is 16.8 Å². The summed E-state index contributed by atoms with van der Waals surface area (Å²) in [4.78, 5) is 18.9. The van der Waals surface area contributed by atoms with Crippen LogP contribution in [0.25, 0.3) is 21.1 Å². The van der Waals surface area contributed by atoms with E-state index in [9.17, 15) is 15.2 Å². The summed E-state index contributed by atoms with van der Waals surface area (Å²) in [5, 5.41) is 24.2. The Balaban J connectivity index is 1.84. The van der Waals surface area contributed by atoms with Crippen molar-refractivity contribution in [2.45, 2.75) is 37.6 Å². The summed E-state index contributed by atoms with van der Waals surface area (Å²) in [5.41, 5.74) is 7.08. The van der Waals surface area contributed by atoms with Crippen LogP contribution in [0, 0.1) is 23.1 Å². The molecule has 0 amide bonds. The molecule has 0 bridgehead atoms. The summed E-state index contributed by atoms with van der Waals surface area (Å²) >= 11 is 1.07. The SMILES string of the molecule is CO/N=C1\CC(c2c(F)cc3c(=O)c4c(O)c(C#N)sc4n(C4CC4)c3c2OC)CC1CN. The monoisotopic (exact) mass is 470 g/mol. The van der Waals surface area contributed by atoms with Gasteiger partial charge >= 0.3 is 0 Å². The van der Waals surface area contributed by atoms with E-state index in [-0.39, 0.29) is 39.3 Å². The van der Waals surface area contributed by atoms with Crippen LogP contribution >= 0.6 is 11.3 Å². The molecule has 3 N–H and O–H groups in total. The average molecular weight is 471 g/mol. The minimum Gasteiger partial charge on any atom is -0.505 e. The van der Waals surface area contributed by atoms with Crippen LogP contribution in [-0.2, 0) is 4.84 Å². The molecule has 1 aromatic carbocycles. The van der Waals surface area contributed by atoms with E-state index in [2.05, 4.69) is 5.16 Å². The van der Waals surface area contributed by atoms with Gasteiger partial charge in [-0.2, -0.15) is 5.26 Å². The van der Waals surface area contributed by atoms with Crippen molar-refractivity contribution >= 4 is 38.2 Å². The molecule has 2 saturated carbocycles. The highest BCUT2D eigenvalue weighted by molar-refractivity contribution is 7.19. The Hall–Kier alpha value is -3.16. The summed E-state index contributed by atoms with van der Waals surface area (Å²) in [5.74, 6) is -0.856. The molecule has 8 nitrogen and oxygen atoms in total. The Kier molecular flexibility index (Phi) is 5.26. The van der Waals surface area contributed by atoms with E-state index in [1.165, 1.54) is 20.3 Å². The van der Waals surface area contributed by atoms with Crippen molar-refractivity contribution in [2.75, 3.05) is 20.8 Å². The molecule has 0 saturated heterocycles. The number of nitriles is 1. The number of aromatic nitrogens is 1. The van der Waals surface area contributed by atoms with Gasteiger partial charge in [0.2, 0.25) is 5.43 Å². The Morgan fingerprint density at radius 2 is 2.18 bits per heavy atom. The molecule has 3 aromatic rings. The van der Waals surface area contributed by atoms with E-state index in [0.29, 0.717) is 41.0 Å². The van der Waals surface area contributed by atoms with Gasteiger partial charge in [-0.05, 0) is 37.7 Å². The molecule has 2 aliphatic rings. The quantitative estimate of drug-likeness (QED) is 0.548. The van der Waals surface area contributed by atoms with Crippen LogP contribution in [0.2, 0.25) is 0 Å². The number of rotatable bonds is 5. The lowest BCUT2D eigenvalue weighted by molar-refractivity contribution is 0.211. The van der Waals surface area contributed by atoms with Crippen molar-refractivity contribution in [3.8, 4) is 17.6 Å². The standard InChI is InChI=1S/C23H23FN4O4S/c1-31-22-17(10-5-11(8-25)15(6-10)27-32-2)14(24)7-13-19(22)28(12-3-4-12)23-18(20(13)29)21(30)16(9-26)33-23/h7,10-12,30H,3-6,8,25H2,1-2H3/b27-15+. The van der Waals surface area contributed by atoms with Crippen LogP contribution in [0.1, 0.15) is 48.1 Å². The lowest BCUT2D eigenvalue weighted by Gasteiger charge is -2.21. The molecule has 0 aliphatic heterocycles. The normalized spacial score (nSPS) is 21.7. The zero-order valence-corrected chi connectivity index (χ0v) is 19.0. The van der Waals surface area contributed by atoms with Gasteiger partial charge < -0.3 is 25.0 Å². The van der Waals surface area contributed by atoms with Crippen molar-refractivity contribution in [1.82, 2.24) is 4.57 Å². The van der Waals surface area contributed by atoms with Gasteiger partial charge in [0.1, 0.15) is 39.8 Å². The van der Waals surface area contributed by atoms with Gasteiger partial charge in [-0.3, -0.25) is 4.79 Å². The summed E-state index contributed by atoms with van der Waals surface area (Å²) in [6.45, 7) is 0.370. The molecule has 2 unspecified atom stereocenters. The predicted molar refractivity (Wildman–Crippen MR) is 124 cm³/mol. The van der Waals surface area contributed by atoms with E-state index in [1.54, 1.807) is 0 Å². The highest BCUT2D eigenvalue weighted by atomic mass is 32.1. The number of halogens is 1. The van der Waals surface area contributed by atoms with E-state index in [1.807, 2.05) is 10.6 Å². The Morgan fingerprint density at radius 1 is 1.42 bits per heavy atom. The number of nitrogens with zero attached hydrogens (tertiary/aromatic N) is 3. The molecule has 2 aromatic heterocycles. The maximum absolute atomic E-state index is 15.6. The molecule has 0 spiro atoms. The number of hydrogen-bond donors (Lipinski definition) is 2. The number of aromatic hydroxyl groups is 1. The molecule has 5 rings (SSSR count). The number of oxime groups is 1. The first-order chi connectivity index (χ1) is 15.9. The fourth-order valence-electron chi connectivity index (χ4n) is 5.07. The molecule has 172 valence electrons. The Bertz CT molecular complexity index is 1420. The minimum absolute atomic E-state index is 0.0321. The van der Waals surface area contributed by atoms with Crippen LogP contribution in [0.5, 0.6) is 11.5 Å². The first-order valence-corrected chi connectivity index (χ1v) is 11.6. The minimum atomic E-state index is -0.548. The summed E-state index contributed by atoms with van der Waals surface area (Å²) in [7, 11) is 2.94. The second-order valence-corrected chi connectivity index (χ2v) is 9.54. The van der Waals surface area contributed by atoms with Crippen LogP contribution in [0.15, 0.2) is 16.0 Å². The lowest BCUT2D eigenvalue weighted by Crippen LogP contribution is -2.18. The fourth-order valence-corrected chi connectivity index (χ4v) is 6.14. The molecule has 10 heteroatoms. The number of hydrogen-bond acceptors (Lipinski definition) is 8. The van der Waals surface area contributed by atoms with Crippen LogP contribution < -0.4 is 15.9 Å². The number of nitrogens with two attached hydrogens (primary N) is 1. The third kappa shape index (κ3) is 3.18. The molecule has 2 heterocycles. The topological polar surface area (TPSA) is 123 Å². The molecule has 2 fully saturated rings. The van der Waals surface area contributed by atoms with Gasteiger partial charge in [0.25, 0.3) is 0 Å². The fraction of sp³-hybridized carbons (Fsp3) is 0.435. The Morgan fingerprint density at radius 3 is 2.79 bits per heavy atom. The summed E-state index contributed by atoms with van der Waals surface area (Å²) in [6.07, 6.45) is 2.83. The number of thiophene rings is 1. The third-order valence-corrected chi connectivity index (χ3v) is 7.74. The van der Waals surface area contributed by atoms with Gasteiger partial charge in [-0.15, -0.1) is 11.3 Å². The van der Waals surface area contributed by atoms with E-state index in [4.69, 9.17) is 15.3 Å². The van der Waals surface area contributed by atoms with Crippen molar-refractivity contribution in [3.05, 3.63) is 32.5 Å². The molecular formula is C23H23FN4O4S. The average Bonchev–Trinajstić information content (AvgIpc) is 3.48. The molecule has 2 aliphatic carbocycles. The maximum Gasteiger partial charge on any atom is 0.202 e. The number of ether oxygens (including phenoxy) is 1. The predicted octanol–water partition coefficient (Wildman–Crippen LogP) is 3.73. The van der Waals surface area contributed by atoms with Crippen molar-refractivity contribution in [1.29, 1.82) is 5.26 Å². The summed E-state index contributed by atoms with van der Waals surface area (Å²) in [6, 6.07) is 3.27. The lowest BCUT2D eigenvalue weighted by atomic mass is 9.93. The zero-order chi connectivity index (χ0) is 23.4. The molecule has 0 radical (unpaired) electrons. The van der Waals surface area contributed by atoms with E-state index >= 15 is 4.39 Å². The molecule has 2 atom stereocenters. The number of methoxy groups -OCH3 is 1. The number of pyridine rings is 1. The van der Waals surface area contributed by atoms with Gasteiger partial charge in [-0.25, -0.2) is 4.39 Å². The van der Waals surface area contributed by atoms with E-state index in [0.717, 1.165) is 29.9 Å². The van der Waals surface area contributed by atoms with Crippen LogP contribution in [-0.4, -0.2) is 36.1 Å². The first-order valence-electron chi connectivity index (χ1n) is 10.7. The maximum atomic E-state index is 15.6. The Labute approximate surface area is 192 Å². The highest BCUT2D eigenvalue weighted by Gasteiger charge is 2.38. The van der Waals surface area contributed by atoms with Gasteiger partial charge in [-0.1, -0.05) is 5.16 Å². The van der Waals surface area contributed by atoms with Crippen LogP contribution in [0.3, 0.4) is 0 Å². The largest absolute Gasteiger partial charge is 0.505 e. The first kappa shape index (κ1) is 21.7. The van der Waals surface area contributed by atoms with Crippen LogP contribution in [0.4, 0.5) is 4.39 Å². The molecule has 33 heavy (non-hydrogen) atoms. The van der Waals surface area contributed by atoms with Gasteiger partial charge in [0.15, 0.2) is 5.75 Å². The molecular weight excluding hydrogens is 447 g/mol. The summed E-state index contributed by atoms with van der Waals surface area (Å²) < 4.78 is 23.3.